The van der Waals surface area contributed by atoms with Gasteiger partial charge < -0.3 is 15.8 Å². The van der Waals surface area contributed by atoms with Crippen LogP contribution in [0.5, 0.6) is 0 Å². The number of rotatable bonds is 8. The molecule has 0 bridgehead atoms. The van der Waals surface area contributed by atoms with Crippen molar-refractivity contribution in [3.05, 3.63) is 35.9 Å². The number of ether oxygens (including phenoxy) is 1. The van der Waals surface area contributed by atoms with Crippen LogP contribution in [0.25, 0.3) is 0 Å². The summed E-state index contributed by atoms with van der Waals surface area (Å²) in [7, 11) is 0. The number of carbonyl (C=O) groups is 2. The highest BCUT2D eigenvalue weighted by molar-refractivity contribution is 5.85. The van der Waals surface area contributed by atoms with Crippen LogP contribution in [-0.4, -0.2) is 24.0 Å². The number of halogens is 1. The van der Waals surface area contributed by atoms with E-state index in [9.17, 15) is 9.59 Å². The van der Waals surface area contributed by atoms with Gasteiger partial charge in [0, 0.05) is 12.5 Å². The fourth-order valence-electron chi connectivity index (χ4n) is 2.04. The summed E-state index contributed by atoms with van der Waals surface area (Å²) in [5.41, 5.74) is 6.55. The molecular weight excluding hydrogens is 316 g/mol. The van der Waals surface area contributed by atoms with Crippen LogP contribution in [0.4, 0.5) is 0 Å². The Morgan fingerprint density at radius 1 is 1.17 bits per heavy atom. The Bertz CT molecular complexity index is 478. The number of hydrogen-bond acceptors (Lipinski definition) is 4. The van der Waals surface area contributed by atoms with Crippen LogP contribution >= 0.6 is 12.4 Å². The smallest absolute Gasteiger partial charge is 0.308 e. The zero-order valence-corrected chi connectivity index (χ0v) is 14.8. The van der Waals surface area contributed by atoms with E-state index in [0.717, 1.165) is 5.56 Å². The standard InChI is InChI=1S/C17H26N2O3.ClH/c1-12(2)22-17(21)11-15(14-7-5-4-6-8-14)19-16(20)10-9-13(3)18;/h4-8,12-13,15H,9-11,18H2,1-3H3,(H,19,20);1H. The van der Waals surface area contributed by atoms with Crippen LogP contribution in [0.15, 0.2) is 30.3 Å². The maximum Gasteiger partial charge on any atom is 0.308 e. The van der Waals surface area contributed by atoms with E-state index in [1.165, 1.54) is 0 Å². The minimum absolute atomic E-state index is 0. The first-order valence-electron chi connectivity index (χ1n) is 7.68. The number of esters is 1. The van der Waals surface area contributed by atoms with E-state index in [1.807, 2.05) is 37.3 Å². The summed E-state index contributed by atoms with van der Waals surface area (Å²) >= 11 is 0. The van der Waals surface area contributed by atoms with Gasteiger partial charge in [-0.3, -0.25) is 9.59 Å². The molecule has 5 nitrogen and oxygen atoms in total. The molecule has 1 aromatic rings. The number of carbonyl (C=O) groups excluding carboxylic acids is 2. The number of nitrogens with one attached hydrogen (secondary N) is 1. The molecule has 1 rings (SSSR count). The predicted molar refractivity (Wildman–Crippen MR) is 93.3 cm³/mol. The Labute approximate surface area is 144 Å². The quantitative estimate of drug-likeness (QED) is 0.712. The van der Waals surface area contributed by atoms with Crippen LogP contribution in [0.1, 0.15) is 51.6 Å². The SMILES string of the molecule is CC(N)CCC(=O)NC(CC(=O)OC(C)C)c1ccccc1.Cl. The maximum absolute atomic E-state index is 12.0. The van der Waals surface area contributed by atoms with E-state index < -0.39 is 0 Å². The van der Waals surface area contributed by atoms with Crippen LogP contribution in [0, 0.1) is 0 Å². The van der Waals surface area contributed by atoms with Gasteiger partial charge in [-0.25, -0.2) is 0 Å². The lowest BCUT2D eigenvalue weighted by molar-refractivity contribution is -0.148. The van der Waals surface area contributed by atoms with Crippen LogP contribution < -0.4 is 11.1 Å². The molecular formula is C17H27ClN2O3. The van der Waals surface area contributed by atoms with Crippen LogP contribution in [-0.2, 0) is 14.3 Å². The van der Waals surface area contributed by atoms with Crippen molar-refractivity contribution in [3.8, 4) is 0 Å². The van der Waals surface area contributed by atoms with Gasteiger partial charge in [-0.15, -0.1) is 12.4 Å². The number of benzene rings is 1. The van der Waals surface area contributed by atoms with Gasteiger partial charge in [-0.05, 0) is 32.8 Å². The molecule has 3 N–H and O–H groups in total. The third kappa shape index (κ3) is 9.21. The lowest BCUT2D eigenvalue weighted by Gasteiger charge is -2.19. The van der Waals surface area contributed by atoms with Gasteiger partial charge in [0.25, 0.3) is 0 Å². The Hall–Kier alpha value is -1.59. The third-order valence-electron chi connectivity index (χ3n) is 3.10. The van der Waals surface area contributed by atoms with Crippen molar-refractivity contribution in [2.75, 3.05) is 0 Å². The zero-order chi connectivity index (χ0) is 16.5. The van der Waals surface area contributed by atoms with Crippen LogP contribution in [0.2, 0.25) is 0 Å². The lowest BCUT2D eigenvalue weighted by Crippen LogP contribution is -2.32. The largest absolute Gasteiger partial charge is 0.463 e. The summed E-state index contributed by atoms with van der Waals surface area (Å²) in [6.07, 6.45) is 0.911. The highest BCUT2D eigenvalue weighted by Gasteiger charge is 2.19. The van der Waals surface area contributed by atoms with Gasteiger partial charge in [-0.1, -0.05) is 30.3 Å². The van der Waals surface area contributed by atoms with E-state index in [2.05, 4.69) is 5.32 Å². The Balaban J connectivity index is 0.00000484. The van der Waals surface area contributed by atoms with Gasteiger partial charge >= 0.3 is 5.97 Å². The normalized spacial score (nSPS) is 12.9. The van der Waals surface area contributed by atoms with Gasteiger partial charge in [0.15, 0.2) is 0 Å². The number of hydrogen-bond donors (Lipinski definition) is 2. The monoisotopic (exact) mass is 342 g/mol. The molecule has 2 unspecified atom stereocenters. The zero-order valence-electron chi connectivity index (χ0n) is 14.0. The molecule has 1 amide bonds. The van der Waals surface area contributed by atoms with Crippen molar-refractivity contribution in [2.45, 2.75) is 58.2 Å². The maximum atomic E-state index is 12.0. The van der Waals surface area contributed by atoms with Crippen molar-refractivity contribution >= 4 is 24.3 Å². The van der Waals surface area contributed by atoms with Crippen molar-refractivity contribution < 1.29 is 14.3 Å². The van der Waals surface area contributed by atoms with Gasteiger partial charge in [0.05, 0.1) is 18.6 Å². The fraction of sp³-hybridized carbons (Fsp3) is 0.529. The molecule has 0 saturated carbocycles. The minimum Gasteiger partial charge on any atom is -0.463 e. The van der Waals surface area contributed by atoms with E-state index in [1.54, 1.807) is 13.8 Å². The second kappa shape index (κ2) is 11.0. The first kappa shape index (κ1) is 21.4. The highest BCUT2D eigenvalue weighted by Crippen LogP contribution is 2.18. The first-order valence-corrected chi connectivity index (χ1v) is 7.68. The van der Waals surface area contributed by atoms with Crippen molar-refractivity contribution in [1.82, 2.24) is 5.32 Å². The molecule has 0 heterocycles. The molecule has 0 spiro atoms. The summed E-state index contributed by atoms with van der Waals surface area (Å²) in [6, 6.07) is 9.03. The topological polar surface area (TPSA) is 81.4 Å². The Kier molecular flexibility index (Phi) is 10.3. The Morgan fingerprint density at radius 3 is 2.30 bits per heavy atom. The van der Waals surface area contributed by atoms with Crippen LogP contribution in [0.3, 0.4) is 0 Å². The molecule has 0 aliphatic rings. The summed E-state index contributed by atoms with van der Waals surface area (Å²) < 4.78 is 5.17. The second-order valence-corrected chi connectivity index (χ2v) is 5.79. The summed E-state index contributed by atoms with van der Waals surface area (Å²) in [5.74, 6) is -0.431. The van der Waals surface area contributed by atoms with Gasteiger partial charge in [-0.2, -0.15) is 0 Å². The van der Waals surface area contributed by atoms with Gasteiger partial charge in [0.1, 0.15) is 0 Å². The average Bonchev–Trinajstić information content (AvgIpc) is 2.44. The van der Waals surface area contributed by atoms with Crippen molar-refractivity contribution in [3.63, 3.8) is 0 Å². The molecule has 6 heteroatoms. The van der Waals surface area contributed by atoms with E-state index in [-0.39, 0.29) is 48.9 Å². The number of amides is 1. The van der Waals surface area contributed by atoms with Gasteiger partial charge in [0.2, 0.25) is 5.91 Å². The molecule has 0 radical (unpaired) electrons. The Morgan fingerprint density at radius 2 is 1.78 bits per heavy atom. The molecule has 0 fully saturated rings. The fourth-order valence-corrected chi connectivity index (χ4v) is 2.04. The lowest BCUT2D eigenvalue weighted by atomic mass is 10.0. The minimum atomic E-state index is -0.381. The van der Waals surface area contributed by atoms with E-state index in [0.29, 0.717) is 12.8 Å². The van der Waals surface area contributed by atoms with E-state index in [4.69, 9.17) is 10.5 Å². The summed E-state index contributed by atoms with van der Waals surface area (Å²) in [6.45, 7) is 5.47. The van der Waals surface area contributed by atoms with E-state index >= 15 is 0 Å². The van der Waals surface area contributed by atoms with Crippen molar-refractivity contribution in [2.24, 2.45) is 5.73 Å². The molecule has 0 aliphatic heterocycles. The molecule has 0 saturated heterocycles. The molecule has 0 aliphatic carbocycles. The molecule has 1 aromatic carbocycles. The first-order chi connectivity index (χ1) is 10.4. The predicted octanol–water partition coefficient (Wildman–Crippen LogP) is 2.73. The third-order valence-corrected chi connectivity index (χ3v) is 3.10. The molecule has 2 atom stereocenters. The average molecular weight is 343 g/mol. The summed E-state index contributed by atoms with van der Waals surface area (Å²) in [4.78, 5) is 23.9. The second-order valence-electron chi connectivity index (χ2n) is 5.79. The highest BCUT2D eigenvalue weighted by atomic mass is 35.5. The van der Waals surface area contributed by atoms with Crippen molar-refractivity contribution in [1.29, 1.82) is 0 Å². The molecule has 23 heavy (non-hydrogen) atoms. The number of nitrogens with two attached hydrogens (primary N) is 1. The summed E-state index contributed by atoms with van der Waals surface area (Å²) in [5, 5.41) is 2.90. The molecule has 0 aromatic heterocycles. The molecule has 130 valence electrons.